The molecule has 1 aromatic carbocycles. The van der Waals surface area contributed by atoms with Gasteiger partial charge in [-0.1, -0.05) is 12.1 Å². The van der Waals surface area contributed by atoms with Crippen LogP contribution in [0.5, 0.6) is 11.5 Å². The molecule has 2 aromatic heterocycles. The van der Waals surface area contributed by atoms with Gasteiger partial charge in [-0.05, 0) is 12.5 Å². The van der Waals surface area contributed by atoms with E-state index in [1.807, 2.05) is 25.2 Å². The lowest BCUT2D eigenvalue weighted by atomic mass is 10.0. The monoisotopic (exact) mass is 326 g/mol. The van der Waals surface area contributed by atoms with E-state index in [1.54, 1.807) is 18.0 Å². The highest BCUT2D eigenvalue weighted by Crippen LogP contribution is 2.35. The molecular weight excluding hydrogens is 308 g/mol. The molecule has 0 fully saturated rings. The molecule has 0 radical (unpaired) electrons. The first-order valence-corrected chi connectivity index (χ1v) is 7.66. The van der Waals surface area contributed by atoms with E-state index in [0.717, 1.165) is 28.9 Å². The van der Waals surface area contributed by atoms with Crippen molar-refractivity contribution in [3.8, 4) is 11.5 Å². The van der Waals surface area contributed by atoms with Gasteiger partial charge in [0.15, 0.2) is 17.1 Å². The number of benzene rings is 1. The summed E-state index contributed by atoms with van der Waals surface area (Å²) in [6.07, 6.45) is 2.46. The van der Waals surface area contributed by atoms with Gasteiger partial charge in [0.05, 0.1) is 24.7 Å². The van der Waals surface area contributed by atoms with E-state index in [1.165, 1.54) is 0 Å². The summed E-state index contributed by atoms with van der Waals surface area (Å²) in [5.74, 6) is 2.45. The van der Waals surface area contributed by atoms with Crippen LogP contribution in [0.15, 0.2) is 24.4 Å². The summed E-state index contributed by atoms with van der Waals surface area (Å²) in [5.41, 5.74) is 7.79. The number of anilines is 2. The third kappa shape index (κ3) is 2.36. The highest BCUT2D eigenvalue weighted by molar-refractivity contribution is 5.86. The molecule has 1 aliphatic rings. The third-order valence-electron chi connectivity index (χ3n) is 4.13. The van der Waals surface area contributed by atoms with Crippen LogP contribution in [-0.4, -0.2) is 39.5 Å². The number of hydrogen-bond donors (Lipinski definition) is 2. The molecule has 3 N–H and O–H groups in total. The van der Waals surface area contributed by atoms with Crippen LogP contribution in [0.3, 0.4) is 0 Å². The topological polar surface area (TPSA) is 100 Å². The fourth-order valence-corrected chi connectivity index (χ4v) is 2.94. The summed E-state index contributed by atoms with van der Waals surface area (Å²) >= 11 is 0. The van der Waals surface area contributed by atoms with E-state index in [0.29, 0.717) is 24.0 Å². The Hall–Kier alpha value is -3.03. The largest absolute Gasteiger partial charge is 0.493 e. The van der Waals surface area contributed by atoms with Gasteiger partial charge < -0.3 is 20.5 Å². The second-order valence-electron chi connectivity index (χ2n) is 5.74. The van der Waals surface area contributed by atoms with E-state index in [4.69, 9.17) is 15.2 Å². The van der Waals surface area contributed by atoms with Crippen LogP contribution >= 0.6 is 0 Å². The maximum atomic E-state index is 6.00. The molecule has 0 spiro atoms. The Bertz CT molecular complexity index is 907. The first-order valence-electron chi connectivity index (χ1n) is 7.66. The molecule has 1 unspecified atom stereocenters. The molecule has 0 saturated heterocycles. The third-order valence-corrected chi connectivity index (χ3v) is 4.13. The molecule has 1 aliphatic heterocycles. The maximum absolute atomic E-state index is 6.00. The van der Waals surface area contributed by atoms with Crippen molar-refractivity contribution in [2.75, 3.05) is 24.8 Å². The van der Waals surface area contributed by atoms with Crippen LogP contribution in [0.25, 0.3) is 11.0 Å². The number of aromatic nitrogens is 4. The molecule has 0 saturated carbocycles. The zero-order valence-electron chi connectivity index (χ0n) is 13.5. The number of hydrogen-bond acceptors (Lipinski definition) is 7. The van der Waals surface area contributed by atoms with E-state index in [-0.39, 0.29) is 6.04 Å². The number of nitrogen functional groups attached to an aromatic ring is 1. The number of nitrogens with one attached hydrogen (secondary N) is 1. The summed E-state index contributed by atoms with van der Waals surface area (Å²) in [7, 11) is 3.47. The SMILES string of the molecule is COc1cccc2c1OCC(Nc1nc(N)c3cnn(C)c3n1)C2. The van der Waals surface area contributed by atoms with Crippen LogP contribution in [0.4, 0.5) is 11.8 Å². The number of nitrogens with two attached hydrogens (primary N) is 1. The molecule has 24 heavy (non-hydrogen) atoms. The molecule has 8 nitrogen and oxygen atoms in total. The van der Waals surface area contributed by atoms with Crippen LogP contribution < -0.4 is 20.5 Å². The Balaban J connectivity index is 1.59. The lowest BCUT2D eigenvalue weighted by Crippen LogP contribution is -2.34. The minimum absolute atomic E-state index is 0.0506. The van der Waals surface area contributed by atoms with Crippen molar-refractivity contribution in [3.05, 3.63) is 30.0 Å². The summed E-state index contributed by atoms with van der Waals surface area (Å²) in [6, 6.07) is 5.94. The summed E-state index contributed by atoms with van der Waals surface area (Å²) in [4.78, 5) is 8.82. The minimum atomic E-state index is 0.0506. The van der Waals surface area contributed by atoms with Crippen molar-refractivity contribution in [2.24, 2.45) is 7.05 Å². The number of aryl methyl sites for hydroxylation is 1. The van der Waals surface area contributed by atoms with Crippen molar-refractivity contribution >= 4 is 22.8 Å². The predicted molar refractivity (Wildman–Crippen MR) is 90.3 cm³/mol. The summed E-state index contributed by atoms with van der Waals surface area (Å²) in [6.45, 7) is 0.500. The van der Waals surface area contributed by atoms with Crippen LogP contribution in [0, 0.1) is 0 Å². The minimum Gasteiger partial charge on any atom is -0.493 e. The smallest absolute Gasteiger partial charge is 0.227 e. The number of methoxy groups -OCH3 is 1. The standard InChI is InChI=1S/C16H18N6O2/c1-22-15-11(7-18-22)14(17)20-16(21-15)19-10-6-9-4-3-5-12(23-2)13(9)24-8-10/h3-5,7,10H,6,8H2,1-2H3,(H3,17,19,20,21). The van der Waals surface area contributed by atoms with Crippen molar-refractivity contribution in [2.45, 2.75) is 12.5 Å². The normalized spacial score (nSPS) is 16.5. The Labute approximate surface area is 138 Å². The molecule has 0 bridgehead atoms. The Morgan fingerprint density at radius 2 is 2.25 bits per heavy atom. The summed E-state index contributed by atoms with van der Waals surface area (Å²) in [5, 5.41) is 8.21. The second kappa shape index (κ2) is 5.55. The van der Waals surface area contributed by atoms with Gasteiger partial charge in [-0.25, -0.2) is 0 Å². The average Bonchev–Trinajstić information content (AvgIpc) is 2.96. The lowest BCUT2D eigenvalue weighted by molar-refractivity contribution is 0.256. The lowest BCUT2D eigenvalue weighted by Gasteiger charge is -2.27. The van der Waals surface area contributed by atoms with Gasteiger partial charge in [0.25, 0.3) is 0 Å². The molecule has 1 atom stereocenters. The van der Waals surface area contributed by atoms with Gasteiger partial charge in [-0.2, -0.15) is 15.1 Å². The molecule has 3 aromatic rings. The van der Waals surface area contributed by atoms with Crippen molar-refractivity contribution in [3.63, 3.8) is 0 Å². The molecule has 3 heterocycles. The predicted octanol–water partition coefficient (Wildman–Crippen LogP) is 1.37. The summed E-state index contributed by atoms with van der Waals surface area (Å²) < 4.78 is 12.9. The fraction of sp³-hybridized carbons (Fsp3) is 0.312. The molecular formula is C16H18N6O2. The Kier molecular flexibility index (Phi) is 3.37. The van der Waals surface area contributed by atoms with Crippen LogP contribution in [-0.2, 0) is 13.5 Å². The zero-order chi connectivity index (χ0) is 16.7. The van der Waals surface area contributed by atoms with Crippen molar-refractivity contribution in [1.82, 2.24) is 19.7 Å². The van der Waals surface area contributed by atoms with Gasteiger partial charge in [0.2, 0.25) is 5.95 Å². The van der Waals surface area contributed by atoms with Gasteiger partial charge in [0.1, 0.15) is 12.4 Å². The van der Waals surface area contributed by atoms with Gasteiger partial charge in [-0.15, -0.1) is 0 Å². The van der Waals surface area contributed by atoms with Gasteiger partial charge >= 0.3 is 0 Å². The van der Waals surface area contributed by atoms with E-state index in [2.05, 4.69) is 20.4 Å². The van der Waals surface area contributed by atoms with Crippen molar-refractivity contribution < 1.29 is 9.47 Å². The molecule has 4 rings (SSSR count). The molecule has 124 valence electrons. The van der Waals surface area contributed by atoms with Gasteiger partial charge in [0, 0.05) is 12.6 Å². The highest BCUT2D eigenvalue weighted by Gasteiger charge is 2.23. The van der Waals surface area contributed by atoms with Gasteiger partial charge in [-0.3, -0.25) is 4.68 Å². The quantitative estimate of drug-likeness (QED) is 0.749. The number of ether oxygens (including phenoxy) is 2. The van der Waals surface area contributed by atoms with Crippen molar-refractivity contribution in [1.29, 1.82) is 0 Å². The number of nitrogens with zero attached hydrogens (tertiary/aromatic N) is 4. The highest BCUT2D eigenvalue weighted by atomic mass is 16.5. The maximum Gasteiger partial charge on any atom is 0.227 e. The van der Waals surface area contributed by atoms with E-state index in [9.17, 15) is 0 Å². The molecule has 0 aliphatic carbocycles. The fourth-order valence-electron chi connectivity index (χ4n) is 2.94. The Morgan fingerprint density at radius 1 is 1.38 bits per heavy atom. The van der Waals surface area contributed by atoms with Crippen LogP contribution in [0.2, 0.25) is 0 Å². The first-order chi connectivity index (χ1) is 11.7. The molecule has 8 heteroatoms. The number of para-hydroxylation sites is 1. The van der Waals surface area contributed by atoms with E-state index >= 15 is 0 Å². The molecule has 0 amide bonds. The first kappa shape index (κ1) is 14.6. The zero-order valence-corrected chi connectivity index (χ0v) is 13.5. The second-order valence-corrected chi connectivity index (χ2v) is 5.74. The number of fused-ring (bicyclic) bond motifs is 2. The average molecular weight is 326 g/mol. The van der Waals surface area contributed by atoms with Crippen LogP contribution in [0.1, 0.15) is 5.56 Å². The Morgan fingerprint density at radius 3 is 3.08 bits per heavy atom. The van der Waals surface area contributed by atoms with E-state index < -0.39 is 0 Å². The number of rotatable bonds is 3.